The van der Waals surface area contributed by atoms with Crippen LogP contribution in [0.3, 0.4) is 0 Å². The summed E-state index contributed by atoms with van der Waals surface area (Å²) in [6.07, 6.45) is -3.43. The Kier molecular flexibility index (Phi) is 24.0. The summed E-state index contributed by atoms with van der Waals surface area (Å²) in [5.74, 6) is 1.82. The molecule has 0 radical (unpaired) electrons. The normalized spacial score (nSPS) is 11.6. The van der Waals surface area contributed by atoms with Crippen molar-refractivity contribution in [1.29, 1.82) is 0 Å². The molecule has 0 aliphatic rings. The molecule has 0 heterocycles. The van der Waals surface area contributed by atoms with Crippen molar-refractivity contribution >= 4 is 0 Å². The third-order valence-corrected chi connectivity index (χ3v) is 3.04. The maximum atomic E-state index is 11.2. The Morgan fingerprint density at radius 3 is 0.667 bits per heavy atom. The van der Waals surface area contributed by atoms with Crippen LogP contribution in [0, 0.1) is 35.5 Å². The van der Waals surface area contributed by atoms with Crippen molar-refractivity contribution in [3.63, 3.8) is 0 Å². The smallest absolute Gasteiger partial charge is 0.210 e. The lowest BCUT2D eigenvalue weighted by Gasteiger charge is -2.07. The fourth-order valence-corrected chi connectivity index (χ4v) is 1.89. The fourth-order valence-electron chi connectivity index (χ4n) is 1.89. The van der Waals surface area contributed by atoms with Gasteiger partial charge < -0.3 is 0 Å². The van der Waals surface area contributed by atoms with Gasteiger partial charge in [-0.05, 0) is 36.5 Å². The summed E-state index contributed by atoms with van der Waals surface area (Å²) in [6, 6.07) is 0. The first-order valence-electron chi connectivity index (χ1n) is 10.2. The van der Waals surface area contributed by atoms with Crippen molar-refractivity contribution in [2.45, 2.75) is 109 Å². The Morgan fingerprint density at radius 2 is 0.667 bits per heavy atom. The number of halogens is 5. The molecule has 0 aromatic carbocycles. The van der Waals surface area contributed by atoms with Crippen LogP contribution in [-0.2, 0) is 0 Å². The van der Waals surface area contributed by atoms with Gasteiger partial charge in [0, 0.05) is 11.8 Å². The Balaban J connectivity index is -0.000000131. The molecule has 0 aliphatic heterocycles. The van der Waals surface area contributed by atoms with Crippen LogP contribution in [0.25, 0.3) is 0 Å². The summed E-state index contributed by atoms with van der Waals surface area (Å²) in [5.41, 5.74) is 0. The second-order valence-electron chi connectivity index (χ2n) is 9.32. The Hall–Kier alpha value is -0.350. The van der Waals surface area contributed by atoms with E-state index in [0.29, 0.717) is 0 Å². The molecule has 0 unspecified atom stereocenters. The van der Waals surface area contributed by atoms with E-state index in [1.807, 2.05) is 0 Å². The molecule has 0 aromatic heterocycles. The average molecular weight is 407 g/mol. The molecule has 0 saturated heterocycles. The second-order valence-corrected chi connectivity index (χ2v) is 9.32. The molecule has 0 atom stereocenters. The molecule has 0 rings (SSSR count). The Morgan fingerprint density at radius 1 is 0.519 bits per heavy atom. The van der Waals surface area contributed by atoms with Gasteiger partial charge in [0.2, 0.25) is 6.43 Å². The van der Waals surface area contributed by atoms with Crippen molar-refractivity contribution in [3.05, 3.63) is 0 Å². The van der Waals surface area contributed by atoms with Crippen LogP contribution in [0.15, 0.2) is 0 Å². The molecule has 0 aliphatic carbocycles. The Bertz CT molecular complexity index is 245. The average Bonchev–Trinajstić information content (AvgIpc) is 2.35. The zero-order valence-electron chi connectivity index (χ0n) is 19.8. The number of rotatable bonds is 5. The van der Waals surface area contributed by atoms with E-state index < -0.39 is 24.4 Å². The third-order valence-electron chi connectivity index (χ3n) is 3.04. The molecule has 170 valence electrons. The van der Waals surface area contributed by atoms with Crippen LogP contribution >= 0.6 is 0 Å². The molecular weight excluding hydrogens is 359 g/mol. The lowest BCUT2D eigenvalue weighted by Crippen LogP contribution is -2.15. The fraction of sp³-hybridized carbons (Fsp3) is 1.00. The summed E-state index contributed by atoms with van der Waals surface area (Å²) in [7, 11) is 0. The number of hydrogen-bond donors (Lipinski definition) is 0. The molecule has 0 fully saturated rings. The van der Waals surface area contributed by atoms with Crippen LogP contribution in [0.5, 0.6) is 0 Å². The first-order chi connectivity index (χ1) is 11.8. The topological polar surface area (TPSA) is 0 Å². The van der Waals surface area contributed by atoms with Gasteiger partial charge in [-0.1, -0.05) is 83.1 Å². The van der Waals surface area contributed by atoms with E-state index in [-0.39, 0.29) is 0 Å². The van der Waals surface area contributed by atoms with Crippen molar-refractivity contribution < 1.29 is 22.0 Å². The summed E-state index contributed by atoms with van der Waals surface area (Å²) in [5, 5.41) is 0. The highest BCUT2D eigenvalue weighted by Gasteiger charge is 2.31. The molecule has 0 saturated carbocycles. The van der Waals surface area contributed by atoms with E-state index in [1.54, 1.807) is 0 Å². The molecule has 0 spiro atoms. The van der Waals surface area contributed by atoms with Gasteiger partial charge in [0.05, 0.1) is 0 Å². The van der Waals surface area contributed by atoms with E-state index in [1.165, 1.54) is 26.7 Å². The zero-order valence-corrected chi connectivity index (χ0v) is 19.8. The van der Waals surface area contributed by atoms with Gasteiger partial charge in [-0.25, -0.2) is 8.78 Å². The molecule has 0 bridgehead atoms. The minimum atomic E-state index is -4.00. The molecule has 0 aromatic rings. The van der Waals surface area contributed by atoms with E-state index >= 15 is 0 Å². The number of alkyl halides is 5. The predicted octanol–water partition coefficient (Wildman–Crippen LogP) is 9.49. The minimum Gasteiger partial charge on any atom is -0.210 e. The molecule has 27 heavy (non-hydrogen) atoms. The highest BCUT2D eigenvalue weighted by molar-refractivity contribution is 4.53. The quantitative estimate of drug-likeness (QED) is 0.399. The van der Waals surface area contributed by atoms with Gasteiger partial charge in [-0.15, -0.1) is 0 Å². The van der Waals surface area contributed by atoms with E-state index in [2.05, 4.69) is 55.4 Å². The number of hydrogen-bond acceptors (Lipinski definition) is 0. The van der Waals surface area contributed by atoms with E-state index in [0.717, 1.165) is 37.5 Å². The third kappa shape index (κ3) is 46.1. The maximum absolute atomic E-state index is 11.2. The lowest BCUT2D eigenvalue weighted by atomic mass is 10.0. The van der Waals surface area contributed by atoms with Gasteiger partial charge in [-0.3, -0.25) is 0 Å². The van der Waals surface area contributed by atoms with Gasteiger partial charge in [0.25, 0.3) is 0 Å². The highest BCUT2D eigenvalue weighted by Crippen LogP contribution is 2.24. The van der Waals surface area contributed by atoms with Crippen LogP contribution in [0.4, 0.5) is 22.0 Å². The largest absolute Gasteiger partial charge is 0.391 e. The second kappa shape index (κ2) is 19.0. The zero-order chi connectivity index (χ0) is 23.0. The van der Waals surface area contributed by atoms with Crippen LogP contribution < -0.4 is 0 Å². The summed E-state index contributed by atoms with van der Waals surface area (Å²) in [6.45, 7) is 23.3. The summed E-state index contributed by atoms with van der Waals surface area (Å²) >= 11 is 0. The van der Waals surface area contributed by atoms with Crippen LogP contribution in [0.2, 0.25) is 0 Å². The van der Waals surface area contributed by atoms with Gasteiger partial charge in [0.1, 0.15) is 0 Å². The predicted molar refractivity (Wildman–Crippen MR) is 110 cm³/mol. The molecule has 5 heteroatoms. The van der Waals surface area contributed by atoms with Crippen LogP contribution in [-0.4, -0.2) is 12.6 Å². The lowest BCUT2D eigenvalue weighted by molar-refractivity contribution is -0.164. The first kappa shape index (κ1) is 34.2. The van der Waals surface area contributed by atoms with Crippen LogP contribution in [0.1, 0.15) is 95.9 Å². The Labute approximate surface area is 166 Å². The maximum Gasteiger partial charge on any atom is 0.391 e. The van der Waals surface area contributed by atoms with Gasteiger partial charge in [-0.2, -0.15) is 13.2 Å². The first-order valence-corrected chi connectivity index (χ1v) is 10.2. The van der Waals surface area contributed by atoms with Crippen molar-refractivity contribution in [1.82, 2.24) is 0 Å². The van der Waals surface area contributed by atoms with Crippen molar-refractivity contribution in [2.24, 2.45) is 35.5 Å². The standard InChI is InChI=1S/2C7H16.C4H7F3.C4H8F2/c2*1-6(2)5-7(3)4;1-3(2)4(5,6)7;1-3(2)4(5)6/h2*6-7H,5H2,1-4H3;3H,1-2H3;3-4H,1-2H3. The highest BCUT2D eigenvalue weighted by atomic mass is 19.4. The van der Waals surface area contributed by atoms with Crippen molar-refractivity contribution in [2.75, 3.05) is 0 Å². The SMILES string of the molecule is CC(C)C(F)(F)F.CC(C)C(F)F.CC(C)CC(C)C.CC(C)CC(C)C. The molecule has 0 amide bonds. The van der Waals surface area contributed by atoms with E-state index in [9.17, 15) is 22.0 Å². The minimum absolute atomic E-state index is 0.481. The molecular formula is C22H47F5. The van der Waals surface area contributed by atoms with Crippen molar-refractivity contribution in [3.8, 4) is 0 Å². The van der Waals surface area contributed by atoms with E-state index in [4.69, 9.17) is 0 Å². The van der Waals surface area contributed by atoms with Gasteiger partial charge >= 0.3 is 6.18 Å². The summed E-state index contributed by atoms with van der Waals surface area (Å²) < 4.78 is 55.8. The molecule has 0 nitrogen and oxygen atoms in total. The summed E-state index contributed by atoms with van der Waals surface area (Å²) in [4.78, 5) is 0. The monoisotopic (exact) mass is 406 g/mol. The van der Waals surface area contributed by atoms with Gasteiger partial charge in [0.15, 0.2) is 0 Å². The molecule has 0 N–H and O–H groups in total.